The summed E-state index contributed by atoms with van der Waals surface area (Å²) in [5.41, 5.74) is 1.29. The number of likely N-dealkylation sites (tertiary alicyclic amines) is 1. The number of halogens is 1. The third kappa shape index (κ3) is 3.27. The number of hydrogen-bond acceptors (Lipinski definition) is 4. The van der Waals surface area contributed by atoms with E-state index in [2.05, 4.69) is 15.9 Å². The van der Waals surface area contributed by atoms with E-state index in [-0.39, 0.29) is 17.9 Å². The van der Waals surface area contributed by atoms with E-state index < -0.39 is 17.7 Å². The first-order chi connectivity index (χ1) is 13.6. The maximum atomic E-state index is 12.9. The molecule has 4 rings (SSSR count). The summed E-state index contributed by atoms with van der Waals surface area (Å²) in [4.78, 5) is 27.1. The van der Waals surface area contributed by atoms with Gasteiger partial charge in [0.1, 0.15) is 11.5 Å². The smallest absolute Gasteiger partial charge is 0.296 e. The lowest BCUT2D eigenvalue weighted by atomic mass is 9.95. The van der Waals surface area contributed by atoms with Crippen LogP contribution in [0.15, 0.2) is 87.5 Å². The highest BCUT2D eigenvalue weighted by Gasteiger charge is 2.46. The zero-order valence-corrected chi connectivity index (χ0v) is 16.3. The predicted molar refractivity (Wildman–Crippen MR) is 107 cm³/mol. The number of nitrogens with zero attached hydrogens (tertiary/aromatic N) is 1. The van der Waals surface area contributed by atoms with E-state index in [1.165, 1.54) is 11.2 Å². The molecule has 140 valence electrons. The van der Waals surface area contributed by atoms with Crippen LogP contribution in [0, 0.1) is 0 Å². The molecule has 1 aromatic heterocycles. The molecule has 2 heterocycles. The fraction of sp³-hybridized carbons (Fsp3) is 0.0909. The summed E-state index contributed by atoms with van der Waals surface area (Å²) < 4.78 is 6.22. The molecule has 1 N–H and O–H groups in total. The molecule has 0 saturated carbocycles. The number of Topliss-reactive ketones (excluding diaryl/α,β-unsaturated/α-hetero) is 1. The van der Waals surface area contributed by atoms with Crippen molar-refractivity contribution in [3.8, 4) is 0 Å². The molecule has 1 fully saturated rings. The van der Waals surface area contributed by atoms with Crippen LogP contribution in [0.5, 0.6) is 0 Å². The molecular formula is C22H16BrNO4. The number of carbonyl (C=O) groups excluding carboxylic acids is 2. The number of ketones is 1. The molecule has 2 aromatic carbocycles. The molecule has 1 atom stereocenters. The monoisotopic (exact) mass is 437 g/mol. The average Bonchev–Trinajstić information content (AvgIpc) is 3.31. The fourth-order valence-corrected chi connectivity index (χ4v) is 3.62. The first-order valence-electron chi connectivity index (χ1n) is 8.68. The van der Waals surface area contributed by atoms with Crippen molar-refractivity contribution in [1.29, 1.82) is 0 Å². The summed E-state index contributed by atoms with van der Waals surface area (Å²) in [5, 5.41) is 10.9. The third-order valence-corrected chi connectivity index (χ3v) is 5.21. The van der Waals surface area contributed by atoms with Gasteiger partial charge in [0.2, 0.25) is 0 Å². The molecule has 1 aliphatic heterocycles. The molecule has 0 bridgehead atoms. The second-order valence-corrected chi connectivity index (χ2v) is 7.34. The molecule has 1 amide bonds. The van der Waals surface area contributed by atoms with Gasteiger partial charge >= 0.3 is 0 Å². The highest BCUT2D eigenvalue weighted by atomic mass is 79.9. The van der Waals surface area contributed by atoms with Crippen molar-refractivity contribution >= 4 is 33.4 Å². The Labute approximate surface area is 170 Å². The Bertz CT molecular complexity index is 1040. The number of aliphatic hydroxyl groups is 1. The van der Waals surface area contributed by atoms with Crippen LogP contribution >= 0.6 is 15.9 Å². The highest BCUT2D eigenvalue weighted by Crippen LogP contribution is 2.40. The minimum Gasteiger partial charge on any atom is -0.507 e. The maximum absolute atomic E-state index is 12.9. The first kappa shape index (κ1) is 18.3. The van der Waals surface area contributed by atoms with Gasteiger partial charge in [0, 0.05) is 10.0 Å². The molecule has 0 radical (unpaired) electrons. The van der Waals surface area contributed by atoms with Crippen molar-refractivity contribution in [1.82, 2.24) is 4.90 Å². The van der Waals surface area contributed by atoms with Gasteiger partial charge in [0.05, 0.1) is 24.4 Å². The Balaban J connectivity index is 1.85. The summed E-state index contributed by atoms with van der Waals surface area (Å²) in [6, 6.07) is 18.9. The number of furan rings is 1. The Morgan fingerprint density at radius 1 is 1.00 bits per heavy atom. The van der Waals surface area contributed by atoms with Crippen molar-refractivity contribution in [3.63, 3.8) is 0 Å². The quantitative estimate of drug-likeness (QED) is 0.365. The molecule has 0 spiro atoms. The Hall–Kier alpha value is -3.12. The van der Waals surface area contributed by atoms with Crippen LogP contribution in [-0.4, -0.2) is 21.7 Å². The molecule has 28 heavy (non-hydrogen) atoms. The van der Waals surface area contributed by atoms with Gasteiger partial charge < -0.3 is 14.4 Å². The number of amides is 1. The first-order valence-corrected chi connectivity index (χ1v) is 9.47. The van der Waals surface area contributed by atoms with Crippen LogP contribution < -0.4 is 0 Å². The molecule has 0 aliphatic carbocycles. The molecule has 1 aliphatic rings. The predicted octanol–water partition coefficient (Wildman–Crippen LogP) is 4.66. The summed E-state index contributed by atoms with van der Waals surface area (Å²) in [5.74, 6) is -1.00. The van der Waals surface area contributed by atoms with Crippen LogP contribution in [0.25, 0.3) is 5.76 Å². The van der Waals surface area contributed by atoms with Crippen LogP contribution in [-0.2, 0) is 16.1 Å². The minimum absolute atomic E-state index is 0.0741. The van der Waals surface area contributed by atoms with E-state index in [0.717, 1.165) is 10.0 Å². The zero-order valence-electron chi connectivity index (χ0n) is 14.7. The topological polar surface area (TPSA) is 70.8 Å². The van der Waals surface area contributed by atoms with Crippen molar-refractivity contribution in [2.24, 2.45) is 0 Å². The summed E-state index contributed by atoms with van der Waals surface area (Å²) in [7, 11) is 0. The van der Waals surface area contributed by atoms with E-state index in [9.17, 15) is 14.7 Å². The van der Waals surface area contributed by atoms with E-state index in [1.54, 1.807) is 36.4 Å². The van der Waals surface area contributed by atoms with E-state index >= 15 is 0 Å². The lowest BCUT2D eigenvalue weighted by Gasteiger charge is -2.24. The standard InChI is InChI=1S/C22H16BrNO4/c23-16-10-8-15(9-11-16)20(25)18-19(14-5-2-1-3-6-14)24(22(27)21(18)26)13-17-7-4-12-28-17/h1-12,19,25H,13H2/b20-18+. The van der Waals surface area contributed by atoms with E-state index in [0.29, 0.717) is 11.3 Å². The number of aliphatic hydroxyl groups excluding tert-OH is 1. The third-order valence-electron chi connectivity index (χ3n) is 4.68. The lowest BCUT2D eigenvalue weighted by Crippen LogP contribution is -2.29. The fourth-order valence-electron chi connectivity index (χ4n) is 3.36. The van der Waals surface area contributed by atoms with Crippen molar-refractivity contribution in [2.45, 2.75) is 12.6 Å². The van der Waals surface area contributed by atoms with Crippen molar-refractivity contribution < 1.29 is 19.1 Å². The van der Waals surface area contributed by atoms with Gasteiger partial charge in [-0.05, 0) is 29.8 Å². The SMILES string of the molecule is O=C1C(=O)N(Cc2ccco2)C(c2ccccc2)/C1=C(\O)c1ccc(Br)cc1. The number of benzene rings is 2. The van der Waals surface area contributed by atoms with Gasteiger partial charge in [-0.15, -0.1) is 0 Å². The molecule has 1 saturated heterocycles. The zero-order chi connectivity index (χ0) is 19.7. The Morgan fingerprint density at radius 3 is 2.36 bits per heavy atom. The number of carbonyl (C=O) groups is 2. The lowest BCUT2D eigenvalue weighted by molar-refractivity contribution is -0.140. The minimum atomic E-state index is -0.708. The summed E-state index contributed by atoms with van der Waals surface area (Å²) in [6.07, 6.45) is 1.52. The second-order valence-electron chi connectivity index (χ2n) is 6.42. The van der Waals surface area contributed by atoms with E-state index in [4.69, 9.17) is 4.42 Å². The summed E-state index contributed by atoms with van der Waals surface area (Å²) in [6.45, 7) is 0.133. The van der Waals surface area contributed by atoms with Crippen LogP contribution in [0.3, 0.4) is 0 Å². The number of rotatable bonds is 4. The molecule has 3 aromatic rings. The molecule has 1 unspecified atom stereocenters. The van der Waals surface area contributed by atoms with Gasteiger partial charge in [-0.25, -0.2) is 0 Å². The van der Waals surface area contributed by atoms with Gasteiger partial charge in [0.25, 0.3) is 11.7 Å². The largest absolute Gasteiger partial charge is 0.507 e. The highest BCUT2D eigenvalue weighted by molar-refractivity contribution is 9.10. The Morgan fingerprint density at radius 2 is 1.71 bits per heavy atom. The van der Waals surface area contributed by atoms with Crippen molar-refractivity contribution in [3.05, 3.63) is 99.9 Å². The van der Waals surface area contributed by atoms with Crippen molar-refractivity contribution in [2.75, 3.05) is 0 Å². The van der Waals surface area contributed by atoms with Gasteiger partial charge in [-0.2, -0.15) is 0 Å². The van der Waals surface area contributed by atoms with Crippen LogP contribution in [0.2, 0.25) is 0 Å². The molecular weight excluding hydrogens is 422 g/mol. The molecule has 6 heteroatoms. The summed E-state index contributed by atoms with van der Waals surface area (Å²) >= 11 is 3.35. The van der Waals surface area contributed by atoms with Crippen LogP contribution in [0.1, 0.15) is 22.9 Å². The normalized spacial score (nSPS) is 18.6. The van der Waals surface area contributed by atoms with Gasteiger partial charge in [0.15, 0.2) is 0 Å². The van der Waals surface area contributed by atoms with Gasteiger partial charge in [-0.1, -0.05) is 58.4 Å². The van der Waals surface area contributed by atoms with Crippen LogP contribution in [0.4, 0.5) is 0 Å². The Kier molecular flexibility index (Phi) is 4.88. The van der Waals surface area contributed by atoms with Gasteiger partial charge in [-0.3, -0.25) is 9.59 Å². The average molecular weight is 438 g/mol. The number of hydrogen-bond donors (Lipinski definition) is 1. The molecule has 5 nitrogen and oxygen atoms in total. The second kappa shape index (κ2) is 7.48. The maximum Gasteiger partial charge on any atom is 0.296 e. The van der Waals surface area contributed by atoms with E-state index in [1.807, 2.05) is 30.3 Å².